The number of hydrogen-bond donors (Lipinski definition) is 1. The fourth-order valence-corrected chi connectivity index (χ4v) is 2.87. The molecule has 0 spiro atoms. The van der Waals surface area contributed by atoms with E-state index in [0.717, 1.165) is 31.7 Å². The maximum Gasteiger partial charge on any atom is 0.150 e. The van der Waals surface area contributed by atoms with Crippen molar-refractivity contribution in [3.63, 3.8) is 0 Å². The summed E-state index contributed by atoms with van der Waals surface area (Å²) in [6.07, 6.45) is 2.30. The summed E-state index contributed by atoms with van der Waals surface area (Å²) in [4.78, 5) is 8.74. The molecule has 2 heterocycles. The van der Waals surface area contributed by atoms with Gasteiger partial charge in [0, 0.05) is 19.1 Å². The van der Waals surface area contributed by atoms with E-state index in [1.54, 1.807) is 6.07 Å². The number of nitrogens with two attached hydrogens (primary N) is 1. The van der Waals surface area contributed by atoms with Crippen LogP contribution in [0.5, 0.6) is 0 Å². The lowest BCUT2D eigenvalue weighted by Crippen LogP contribution is -2.38. The van der Waals surface area contributed by atoms with Crippen molar-refractivity contribution in [2.24, 2.45) is 0 Å². The van der Waals surface area contributed by atoms with Crippen molar-refractivity contribution in [3.8, 4) is 0 Å². The van der Waals surface area contributed by atoms with Crippen LogP contribution in [0.15, 0.2) is 6.07 Å². The quantitative estimate of drug-likeness (QED) is 0.928. The molecule has 1 atom stereocenters. The average molecular weight is 289 g/mol. The summed E-state index contributed by atoms with van der Waals surface area (Å²) in [5, 5.41) is 0.979. The lowest BCUT2D eigenvalue weighted by atomic mass is 10.2. The molecule has 1 unspecified atom stereocenters. The Morgan fingerprint density at radius 1 is 1.44 bits per heavy atom. The molecule has 1 saturated heterocycles. The number of halogens is 2. The molecule has 0 amide bonds. The Labute approximate surface area is 118 Å². The summed E-state index contributed by atoms with van der Waals surface area (Å²) in [5.41, 5.74) is 5.77. The zero-order valence-electron chi connectivity index (χ0n) is 10.7. The van der Waals surface area contributed by atoms with Crippen molar-refractivity contribution < 1.29 is 0 Å². The lowest BCUT2D eigenvalue weighted by molar-refractivity contribution is 0.371. The second-order valence-electron chi connectivity index (χ2n) is 4.91. The molecule has 0 bridgehead atoms. The molecule has 6 heteroatoms. The second-order valence-corrected chi connectivity index (χ2v) is 5.73. The highest BCUT2D eigenvalue weighted by Gasteiger charge is 2.28. The Kier molecular flexibility index (Phi) is 4.20. The van der Waals surface area contributed by atoms with Crippen molar-refractivity contribution in [1.29, 1.82) is 0 Å². The van der Waals surface area contributed by atoms with Gasteiger partial charge in [-0.3, -0.25) is 0 Å². The molecule has 2 rings (SSSR count). The van der Waals surface area contributed by atoms with Crippen LogP contribution < -0.4 is 10.6 Å². The minimum atomic E-state index is 0.339. The van der Waals surface area contributed by atoms with E-state index in [9.17, 15) is 0 Å². The van der Waals surface area contributed by atoms with Crippen LogP contribution in [0.3, 0.4) is 0 Å². The summed E-state index contributed by atoms with van der Waals surface area (Å²) in [6.45, 7) is 1.95. The normalized spacial score (nSPS) is 19.8. The van der Waals surface area contributed by atoms with Crippen LogP contribution in [-0.4, -0.2) is 43.1 Å². The molecule has 0 radical (unpaired) electrons. The molecule has 0 aliphatic carbocycles. The standard InChI is InChI=1S/C12H18Cl2N4/c1-17(2)7-8-4-3-5-18(8)12-10(14)6-9(13)11(15)16-12/h6,8H,3-5,7H2,1-2H3,(H2,15,16). The van der Waals surface area contributed by atoms with E-state index in [4.69, 9.17) is 28.9 Å². The van der Waals surface area contributed by atoms with E-state index in [0.29, 0.717) is 21.9 Å². The van der Waals surface area contributed by atoms with Gasteiger partial charge >= 0.3 is 0 Å². The third-order valence-corrected chi connectivity index (χ3v) is 3.74. The summed E-state index contributed by atoms with van der Waals surface area (Å²) in [6, 6.07) is 2.11. The fourth-order valence-electron chi connectivity index (χ4n) is 2.40. The third-order valence-electron chi connectivity index (χ3n) is 3.16. The van der Waals surface area contributed by atoms with Gasteiger partial charge in [-0.25, -0.2) is 4.98 Å². The number of likely N-dealkylation sites (N-methyl/N-ethyl adjacent to an activating group) is 1. The van der Waals surface area contributed by atoms with Crippen LogP contribution in [0, 0.1) is 0 Å². The van der Waals surface area contributed by atoms with Gasteiger partial charge in [-0.15, -0.1) is 0 Å². The van der Waals surface area contributed by atoms with Gasteiger partial charge < -0.3 is 15.5 Å². The van der Waals surface area contributed by atoms with Crippen LogP contribution in [0.2, 0.25) is 10.0 Å². The van der Waals surface area contributed by atoms with Crippen molar-refractivity contribution in [2.45, 2.75) is 18.9 Å². The van der Waals surface area contributed by atoms with Crippen LogP contribution in [-0.2, 0) is 0 Å². The molecule has 1 aliphatic heterocycles. The smallest absolute Gasteiger partial charge is 0.150 e. The number of anilines is 2. The maximum absolute atomic E-state index is 6.23. The Balaban J connectivity index is 2.27. The highest BCUT2D eigenvalue weighted by molar-refractivity contribution is 6.37. The SMILES string of the molecule is CN(C)CC1CCCN1c1nc(N)c(Cl)cc1Cl. The van der Waals surface area contributed by atoms with Crippen molar-refractivity contribution >= 4 is 34.8 Å². The molecule has 0 aromatic carbocycles. The zero-order valence-corrected chi connectivity index (χ0v) is 12.2. The van der Waals surface area contributed by atoms with E-state index in [2.05, 4.69) is 28.9 Å². The molecular weight excluding hydrogens is 271 g/mol. The number of aromatic nitrogens is 1. The second kappa shape index (κ2) is 5.51. The molecule has 1 aromatic heterocycles. The summed E-state index contributed by atoms with van der Waals surface area (Å²) in [5.74, 6) is 1.09. The average Bonchev–Trinajstić information content (AvgIpc) is 2.70. The molecular formula is C12H18Cl2N4. The van der Waals surface area contributed by atoms with E-state index >= 15 is 0 Å². The molecule has 1 aliphatic rings. The highest BCUT2D eigenvalue weighted by atomic mass is 35.5. The van der Waals surface area contributed by atoms with Crippen molar-refractivity contribution in [2.75, 3.05) is 37.8 Å². The first-order chi connectivity index (χ1) is 8.49. The van der Waals surface area contributed by atoms with Gasteiger partial charge in [-0.05, 0) is 33.0 Å². The molecule has 4 nitrogen and oxygen atoms in total. The molecule has 2 N–H and O–H groups in total. The number of pyridine rings is 1. The number of nitrogen functional groups attached to an aromatic ring is 1. The summed E-state index contributed by atoms with van der Waals surface area (Å²) < 4.78 is 0. The number of nitrogens with zero attached hydrogens (tertiary/aromatic N) is 3. The van der Waals surface area contributed by atoms with Crippen LogP contribution in [0.1, 0.15) is 12.8 Å². The minimum absolute atomic E-state index is 0.339. The topological polar surface area (TPSA) is 45.4 Å². The predicted octanol–water partition coefficient (Wildman–Crippen LogP) is 2.50. The minimum Gasteiger partial charge on any atom is -0.382 e. The molecule has 18 heavy (non-hydrogen) atoms. The van der Waals surface area contributed by atoms with Gasteiger partial charge in [0.05, 0.1) is 10.0 Å². The Morgan fingerprint density at radius 3 is 2.83 bits per heavy atom. The predicted molar refractivity (Wildman–Crippen MR) is 77.6 cm³/mol. The lowest BCUT2D eigenvalue weighted by Gasteiger charge is -2.28. The fraction of sp³-hybridized carbons (Fsp3) is 0.583. The number of rotatable bonds is 3. The zero-order chi connectivity index (χ0) is 13.3. The van der Waals surface area contributed by atoms with Gasteiger partial charge in [-0.1, -0.05) is 23.2 Å². The van der Waals surface area contributed by atoms with Gasteiger partial charge in [-0.2, -0.15) is 0 Å². The van der Waals surface area contributed by atoms with E-state index < -0.39 is 0 Å². The molecule has 1 fully saturated rings. The van der Waals surface area contributed by atoms with E-state index in [1.165, 1.54) is 0 Å². The van der Waals surface area contributed by atoms with Gasteiger partial charge in [0.2, 0.25) is 0 Å². The van der Waals surface area contributed by atoms with Crippen molar-refractivity contribution in [3.05, 3.63) is 16.1 Å². The molecule has 100 valence electrons. The number of hydrogen-bond acceptors (Lipinski definition) is 4. The first kappa shape index (κ1) is 13.7. The monoisotopic (exact) mass is 288 g/mol. The van der Waals surface area contributed by atoms with Crippen LogP contribution >= 0.6 is 23.2 Å². The summed E-state index contributed by atoms with van der Waals surface area (Å²) in [7, 11) is 4.14. The Bertz CT molecular complexity index is 436. The Morgan fingerprint density at radius 2 is 2.17 bits per heavy atom. The van der Waals surface area contributed by atoms with E-state index in [-0.39, 0.29) is 0 Å². The van der Waals surface area contributed by atoms with E-state index in [1.807, 2.05) is 0 Å². The van der Waals surface area contributed by atoms with Gasteiger partial charge in [0.15, 0.2) is 0 Å². The van der Waals surface area contributed by atoms with Crippen LogP contribution in [0.4, 0.5) is 11.6 Å². The maximum atomic E-state index is 6.23. The molecule has 1 aromatic rings. The third kappa shape index (κ3) is 2.82. The molecule has 0 saturated carbocycles. The summed E-state index contributed by atoms with van der Waals surface area (Å²) >= 11 is 12.1. The van der Waals surface area contributed by atoms with Crippen molar-refractivity contribution in [1.82, 2.24) is 9.88 Å². The highest BCUT2D eigenvalue weighted by Crippen LogP contribution is 2.34. The van der Waals surface area contributed by atoms with Gasteiger partial charge in [0.1, 0.15) is 11.6 Å². The Hall–Kier alpha value is -0.710. The van der Waals surface area contributed by atoms with Crippen LogP contribution in [0.25, 0.3) is 0 Å². The van der Waals surface area contributed by atoms with Gasteiger partial charge in [0.25, 0.3) is 0 Å². The largest absolute Gasteiger partial charge is 0.382 e. The first-order valence-corrected chi connectivity index (χ1v) is 6.77. The first-order valence-electron chi connectivity index (χ1n) is 6.02.